The molecule has 8 atom stereocenters. The minimum absolute atomic E-state index is 0.272. The maximum atomic E-state index is 12.2. The summed E-state index contributed by atoms with van der Waals surface area (Å²) in [5, 5.41) is 11.1. The molecule has 0 bridgehead atoms. The molecular weight excluding hydrogens is 478 g/mol. The molecule has 0 spiro atoms. The van der Waals surface area contributed by atoms with E-state index in [9.17, 15) is 14.4 Å². The van der Waals surface area contributed by atoms with Gasteiger partial charge in [0.05, 0.1) is 6.54 Å². The molecule has 4 fully saturated rings. The number of esters is 1. The average Bonchev–Trinajstić information content (AvgIpc) is 3.15. The Morgan fingerprint density at radius 1 is 0.895 bits per heavy atom. The SMILES string of the molecule is CC(=O)C1CCC2C3CCC4CC(C)CCC4(C)C3CCC12C.CC(C)(C)OC(=O)C(C)(C)NCC(=O)O. The van der Waals surface area contributed by atoms with Crippen molar-refractivity contribution in [2.45, 2.75) is 131 Å². The second-order valence-corrected chi connectivity index (χ2v) is 15.2. The van der Waals surface area contributed by atoms with E-state index in [-0.39, 0.29) is 6.54 Å². The fraction of sp³-hybridized carbons (Fsp3) is 0.906. The van der Waals surface area contributed by atoms with Crippen molar-refractivity contribution >= 4 is 17.7 Å². The van der Waals surface area contributed by atoms with E-state index in [1.165, 1.54) is 57.8 Å². The summed E-state index contributed by atoms with van der Waals surface area (Å²) in [7, 11) is 0. The van der Waals surface area contributed by atoms with Crippen molar-refractivity contribution < 1.29 is 24.2 Å². The minimum Gasteiger partial charge on any atom is -0.480 e. The molecule has 8 unspecified atom stereocenters. The summed E-state index contributed by atoms with van der Waals surface area (Å²) in [5.74, 6) is 4.03. The van der Waals surface area contributed by atoms with E-state index in [1.807, 2.05) is 6.92 Å². The third-order valence-corrected chi connectivity index (χ3v) is 11.0. The second kappa shape index (κ2) is 11.2. The normalized spacial score (nSPS) is 38.6. The highest BCUT2D eigenvalue weighted by Gasteiger charge is 2.60. The molecule has 4 rings (SSSR count). The number of carbonyl (C=O) groups is 3. The molecule has 4 aliphatic rings. The van der Waals surface area contributed by atoms with Crippen LogP contribution in [0.15, 0.2) is 0 Å². The van der Waals surface area contributed by atoms with Gasteiger partial charge in [-0.2, -0.15) is 0 Å². The van der Waals surface area contributed by atoms with Crippen molar-refractivity contribution in [3.8, 4) is 0 Å². The molecule has 38 heavy (non-hydrogen) atoms. The van der Waals surface area contributed by atoms with Gasteiger partial charge in [-0.05, 0) is 133 Å². The number of carboxylic acid groups (broad SMARTS) is 1. The molecule has 6 heteroatoms. The number of aliphatic carboxylic acids is 1. The molecule has 0 aromatic carbocycles. The van der Waals surface area contributed by atoms with Crippen LogP contribution < -0.4 is 5.32 Å². The number of carboxylic acids is 1. The summed E-state index contributed by atoms with van der Waals surface area (Å²) in [6.07, 6.45) is 12.6. The number of carbonyl (C=O) groups excluding carboxylic acids is 2. The van der Waals surface area contributed by atoms with Gasteiger partial charge in [-0.1, -0.05) is 27.2 Å². The van der Waals surface area contributed by atoms with Gasteiger partial charge in [-0.3, -0.25) is 19.7 Å². The van der Waals surface area contributed by atoms with E-state index >= 15 is 0 Å². The van der Waals surface area contributed by atoms with Gasteiger partial charge in [0, 0.05) is 5.92 Å². The molecule has 4 saturated carbocycles. The molecule has 0 amide bonds. The number of ether oxygens (including phenoxy) is 1. The Bertz CT molecular complexity index is 891. The van der Waals surface area contributed by atoms with Gasteiger partial charge in [0.25, 0.3) is 0 Å². The van der Waals surface area contributed by atoms with Crippen molar-refractivity contribution in [3.63, 3.8) is 0 Å². The number of hydrogen-bond acceptors (Lipinski definition) is 5. The summed E-state index contributed by atoms with van der Waals surface area (Å²) >= 11 is 0. The molecule has 218 valence electrons. The van der Waals surface area contributed by atoms with Crippen molar-refractivity contribution in [2.75, 3.05) is 6.54 Å². The van der Waals surface area contributed by atoms with Gasteiger partial charge < -0.3 is 9.84 Å². The monoisotopic (exact) mass is 533 g/mol. The number of Topliss-reactive ketones (excluding diaryl/α,β-unsaturated/α-hetero) is 1. The third-order valence-electron chi connectivity index (χ3n) is 11.0. The standard InChI is InChI=1S/C22H36O.C10H19NO4/c1-14-9-11-21(3)16(13-14)5-6-17-19-8-7-18(15(2)23)22(19,4)12-10-20(17)21;1-9(2,3)15-8(14)10(4,5)11-6-7(12)13/h14,16-20H,5-13H2,1-4H3;11H,6H2,1-5H3,(H,12,13). The zero-order valence-corrected chi connectivity index (χ0v) is 25.6. The maximum Gasteiger partial charge on any atom is 0.326 e. The van der Waals surface area contributed by atoms with Crippen LogP contribution in [0, 0.1) is 46.3 Å². The Hall–Kier alpha value is -1.43. The predicted octanol–water partition coefficient (Wildman–Crippen LogP) is 6.65. The first-order valence-electron chi connectivity index (χ1n) is 15.1. The van der Waals surface area contributed by atoms with Crippen LogP contribution in [-0.2, 0) is 19.1 Å². The summed E-state index contributed by atoms with van der Waals surface area (Å²) in [4.78, 5) is 34.1. The number of rotatable bonds is 5. The topological polar surface area (TPSA) is 92.7 Å². The number of hydrogen-bond donors (Lipinski definition) is 2. The number of nitrogens with one attached hydrogen (secondary N) is 1. The summed E-state index contributed by atoms with van der Waals surface area (Å²) in [6, 6.07) is 0. The molecular formula is C32H55NO5. The lowest BCUT2D eigenvalue weighted by molar-refractivity contribution is -0.162. The van der Waals surface area contributed by atoms with Gasteiger partial charge in [0.2, 0.25) is 0 Å². The lowest BCUT2D eigenvalue weighted by Gasteiger charge is -2.61. The second-order valence-electron chi connectivity index (χ2n) is 15.2. The van der Waals surface area contributed by atoms with Crippen molar-refractivity contribution in [3.05, 3.63) is 0 Å². The van der Waals surface area contributed by atoms with Crippen LogP contribution >= 0.6 is 0 Å². The van der Waals surface area contributed by atoms with Gasteiger partial charge in [-0.15, -0.1) is 0 Å². The molecule has 2 N–H and O–H groups in total. The summed E-state index contributed by atoms with van der Waals surface area (Å²) < 4.78 is 5.14. The smallest absolute Gasteiger partial charge is 0.326 e. The highest BCUT2D eigenvalue weighted by Crippen LogP contribution is 2.67. The molecule has 0 aromatic rings. The van der Waals surface area contributed by atoms with Crippen LogP contribution in [0.5, 0.6) is 0 Å². The zero-order valence-electron chi connectivity index (χ0n) is 25.6. The van der Waals surface area contributed by atoms with Crippen LogP contribution in [0.25, 0.3) is 0 Å². The minimum atomic E-state index is -1.01. The molecule has 0 radical (unpaired) electrons. The van der Waals surface area contributed by atoms with Gasteiger partial charge in [0.1, 0.15) is 16.9 Å². The van der Waals surface area contributed by atoms with Crippen molar-refractivity contribution in [2.24, 2.45) is 46.3 Å². The highest BCUT2D eigenvalue weighted by atomic mass is 16.6. The lowest BCUT2D eigenvalue weighted by atomic mass is 9.44. The lowest BCUT2D eigenvalue weighted by Crippen LogP contribution is -2.53. The Morgan fingerprint density at radius 3 is 2.08 bits per heavy atom. The number of fused-ring (bicyclic) bond motifs is 5. The largest absolute Gasteiger partial charge is 0.480 e. The first kappa shape index (κ1) is 31.1. The van der Waals surface area contributed by atoms with Crippen LogP contribution in [0.2, 0.25) is 0 Å². The summed E-state index contributed by atoms with van der Waals surface area (Å²) in [5.41, 5.74) is -0.617. The molecule has 0 saturated heterocycles. The Kier molecular flexibility index (Phi) is 9.18. The first-order chi connectivity index (χ1) is 17.4. The van der Waals surface area contributed by atoms with E-state index < -0.39 is 23.1 Å². The fourth-order valence-electron chi connectivity index (χ4n) is 8.91. The Balaban J connectivity index is 0.000000234. The predicted molar refractivity (Wildman–Crippen MR) is 151 cm³/mol. The maximum absolute atomic E-state index is 12.2. The summed E-state index contributed by atoms with van der Waals surface area (Å²) in [6.45, 7) is 17.6. The first-order valence-corrected chi connectivity index (χ1v) is 15.1. The Morgan fingerprint density at radius 2 is 1.50 bits per heavy atom. The van der Waals surface area contributed by atoms with E-state index in [4.69, 9.17) is 9.84 Å². The van der Waals surface area contributed by atoms with E-state index in [1.54, 1.807) is 34.6 Å². The molecule has 6 nitrogen and oxygen atoms in total. The number of ketones is 1. The zero-order chi connectivity index (χ0) is 28.7. The van der Waals surface area contributed by atoms with Crippen LogP contribution in [-0.4, -0.2) is 40.5 Å². The van der Waals surface area contributed by atoms with E-state index in [0.29, 0.717) is 22.5 Å². The average molecular weight is 534 g/mol. The fourth-order valence-corrected chi connectivity index (χ4v) is 8.91. The van der Waals surface area contributed by atoms with Gasteiger partial charge >= 0.3 is 11.9 Å². The Labute approximate surface area is 231 Å². The highest BCUT2D eigenvalue weighted by molar-refractivity contribution is 5.81. The van der Waals surface area contributed by atoms with Gasteiger partial charge in [0.15, 0.2) is 0 Å². The van der Waals surface area contributed by atoms with Gasteiger partial charge in [-0.25, -0.2) is 0 Å². The van der Waals surface area contributed by atoms with Crippen molar-refractivity contribution in [1.29, 1.82) is 0 Å². The van der Waals surface area contributed by atoms with Crippen LogP contribution in [0.4, 0.5) is 0 Å². The molecule has 0 aliphatic heterocycles. The van der Waals surface area contributed by atoms with Crippen molar-refractivity contribution in [1.82, 2.24) is 5.32 Å². The van der Waals surface area contributed by atoms with E-state index in [2.05, 4.69) is 26.1 Å². The quantitative estimate of drug-likeness (QED) is 0.384. The molecule has 4 aliphatic carbocycles. The van der Waals surface area contributed by atoms with E-state index in [0.717, 1.165) is 29.6 Å². The molecule has 0 aromatic heterocycles. The molecule has 0 heterocycles. The third kappa shape index (κ3) is 6.47. The van der Waals surface area contributed by atoms with Crippen LogP contribution in [0.3, 0.4) is 0 Å². The van der Waals surface area contributed by atoms with Crippen LogP contribution in [0.1, 0.15) is 120 Å².